The van der Waals surface area contributed by atoms with Gasteiger partial charge in [0.05, 0.1) is 26.2 Å². The number of rotatable bonds is 7. The van der Waals surface area contributed by atoms with Gasteiger partial charge in [0, 0.05) is 17.8 Å². The molecule has 0 bridgehead atoms. The van der Waals surface area contributed by atoms with Gasteiger partial charge in [-0.1, -0.05) is 26.0 Å². The number of aliphatic hydroxyl groups excluding tert-OH is 1. The second-order valence-electron chi connectivity index (χ2n) is 8.99. The first kappa shape index (κ1) is 24.6. The summed E-state index contributed by atoms with van der Waals surface area (Å²) in [5, 5.41) is 27.6. The van der Waals surface area contributed by atoms with Crippen molar-refractivity contribution in [1.82, 2.24) is 0 Å². The number of aliphatic hydroxyl groups is 1. The number of carboxylic acid groups (broad SMARTS) is 2. The molecule has 1 aliphatic rings. The zero-order valence-corrected chi connectivity index (χ0v) is 18.6. The lowest BCUT2D eigenvalue weighted by Crippen LogP contribution is -2.61. The van der Waals surface area contributed by atoms with E-state index in [0.29, 0.717) is 19.5 Å². The molecule has 3 N–H and O–H groups in total. The van der Waals surface area contributed by atoms with E-state index in [1.54, 1.807) is 7.05 Å². The molecule has 0 aliphatic carbocycles. The van der Waals surface area contributed by atoms with Crippen LogP contribution in [0.15, 0.2) is 24.3 Å². The predicted molar refractivity (Wildman–Crippen MR) is 111 cm³/mol. The zero-order valence-electron chi connectivity index (χ0n) is 18.6. The minimum absolute atomic E-state index is 0.0146. The fourth-order valence-electron chi connectivity index (χ4n) is 4.03. The van der Waals surface area contributed by atoms with Crippen molar-refractivity contribution in [3.8, 4) is 5.75 Å². The van der Waals surface area contributed by atoms with E-state index in [2.05, 4.69) is 6.92 Å². The van der Waals surface area contributed by atoms with Crippen LogP contribution < -0.4 is 4.74 Å². The fraction of sp³-hybridized carbons (Fsp3) is 0.591. The number of quaternary nitrogens is 1. The minimum Gasteiger partial charge on any atom is -0.491 e. The number of ether oxygens (including phenoxy) is 2. The molecular formula is C22H32NO8+. The number of carbonyl (C=O) groups is 3. The van der Waals surface area contributed by atoms with Crippen molar-refractivity contribution in [3.63, 3.8) is 0 Å². The largest absolute Gasteiger partial charge is 0.516 e. The zero-order chi connectivity index (χ0) is 23.6. The minimum atomic E-state index is -2.34. The van der Waals surface area contributed by atoms with Gasteiger partial charge in [-0.15, -0.1) is 0 Å². The van der Waals surface area contributed by atoms with Crippen LogP contribution in [0.2, 0.25) is 0 Å². The summed E-state index contributed by atoms with van der Waals surface area (Å²) in [6.45, 7) is 8.77. The second-order valence-corrected chi connectivity index (χ2v) is 8.99. The van der Waals surface area contributed by atoms with Crippen LogP contribution >= 0.6 is 0 Å². The van der Waals surface area contributed by atoms with Crippen molar-refractivity contribution in [2.45, 2.75) is 57.8 Å². The Bertz CT molecular complexity index is 841. The predicted octanol–water partition coefficient (Wildman–Crippen LogP) is 2.25. The standard InChI is InChI=1S/C22H31NO8/c1-13(2)30-16-8-6-7-15(11-16)22(4)9-10-23(5,12-14(22)3)21(29)31-18(20(27)28)17(24)19(25)26/h6-8,11,13-14,17-18,24H,9-10,12H2,1-5H3,(H-,25,26,27,28)/p+1/t14?,17-,18-,22?,23?/m0/s1. The number of carboxylic acids is 2. The summed E-state index contributed by atoms with van der Waals surface area (Å²) in [5.74, 6) is -2.70. The third-order valence-electron chi connectivity index (χ3n) is 6.21. The van der Waals surface area contributed by atoms with Crippen LogP contribution in [-0.4, -0.2) is 76.3 Å². The average molecular weight is 438 g/mol. The highest BCUT2D eigenvalue weighted by Crippen LogP contribution is 2.42. The molecule has 0 radical (unpaired) electrons. The number of hydrogen-bond donors (Lipinski definition) is 3. The van der Waals surface area contributed by atoms with Crippen molar-refractivity contribution >= 4 is 18.0 Å². The molecule has 1 saturated heterocycles. The van der Waals surface area contributed by atoms with Crippen LogP contribution in [0.4, 0.5) is 4.79 Å². The quantitative estimate of drug-likeness (QED) is 0.553. The van der Waals surface area contributed by atoms with Crippen molar-refractivity contribution in [3.05, 3.63) is 29.8 Å². The van der Waals surface area contributed by atoms with E-state index in [1.165, 1.54) is 0 Å². The van der Waals surface area contributed by atoms with Gasteiger partial charge < -0.3 is 24.8 Å². The number of aliphatic carboxylic acids is 2. The van der Waals surface area contributed by atoms with E-state index in [1.807, 2.05) is 45.0 Å². The lowest BCUT2D eigenvalue weighted by atomic mass is 9.67. The van der Waals surface area contributed by atoms with Crippen molar-refractivity contribution in [2.24, 2.45) is 5.92 Å². The normalized spacial score (nSPS) is 27.9. The Balaban J connectivity index is 2.19. The van der Waals surface area contributed by atoms with E-state index in [4.69, 9.17) is 14.6 Å². The van der Waals surface area contributed by atoms with Gasteiger partial charge in [-0.05, 0) is 31.5 Å². The van der Waals surface area contributed by atoms with Gasteiger partial charge in [-0.25, -0.2) is 14.1 Å². The monoisotopic (exact) mass is 438 g/mol. The SMILES string of the molecule is CC(C)Oc1cccc(C2(C)CC[N+](C)(C(=O)O[C@H](C(=O)O)[C@H](O)C(=O)O)CC2C)c1. The fourth-order valence-corrected chi connectivity index (χ4v) is 4.03. The molecule has 5 atom stereocenters. The highest BCUT2D eigenvalue weighted by atomic mass is 16.6. The Hall–Kier alpha value is -2.65. The van der Waals surface area contributed by atoms with Gasteiger partial charge in [0.25, 0.3) is 0 Å². The summed E-state index contributed by atoms with van der Waals surface area (Å²) in [5.41, 5.74) is 0.837. The molecule has 1 fully saturated rings. The first-order valence-corrected chi connectivity index (χ1v) is 10.3. The summed E-state index contributed by atoms with van der Waals surface area (Å²) in [6.07, 6.45) is -4.73. The first-order valence-electron chi connectivity index (χ1n) is 10.3. The van der Waals surface area contributed by atoms with E-state index in [9.17, 15) is 24.6 Å². The summed E-state index contributed by atoms with van der Waals surface area (Å²) >= 11 is 0. The summed E-state index contributed by atoms with van der Waals surface area (Å²) in [4.78, 5) is 35.1. The van der Waals surface area contributed by atoms with Crippen LogP contribution in [-0.2, 0) is 19.7 Å². The highest BCUT2D eigenvalue weighted by Gasteiger charge is 2.50. The topological polar surface area (TPSA) is 130 Å². The van der Waals surface area contributed by atoms with Gasteiger partial charge in [0.2, 0.25) is 6.10 Å². The summed E-state index contributed by atoms with van der Waals surface area (Å²) in [7, 11) is 1.63. The molecule has 9 heteroatoms. The number of likely N-dealkylation sites (tertiary alicyclic amines) is 1. The maximum Gasteiger partial charge on any atom is 0.516 e. The molecule has 2 rings (SSSR count). The van der Waals surface area contributed by atoms with Crippen LogP contribution in [0.1, 0.15) is 39.7 Å². The van der Waals surface area contributed by atoms with Gasteiger partial charge in [-0.2, -0.15) is 4.79 Å². The van der Waals surface area contributed by atoms with Crippen molar-refractivity contribution in [1.29, 1.82) is 0 Å². The van der Waals surface area contributed by atoms with E-state index >= 15 is 0 Å². The van der Waals surface area contributed by atoms with Crippen LogP contribution in [0.3, 0.4) is 0 Å². The number of benzene rings is 1. The summed E-state index contributed by atoms with van der Waals surface area (Å²) < 4.78 is 10.5. The average Bonchev–Trinajstić information content (AvgIpc) is 2.68. The third-order valence-corrected chi connectivity index (χ3v) is 6.21. The van der Waals surface area contributed by atoms with Gasteiger partial charge in [0.15, 0.2) is 6.10 Å². The smallest absolute Gasteiger partial charge is 0.491 e. The van der Waals surface area contributed by atoms with Crippen LogP contribution in [0.5, 0.6) is 5.75 Å². The Morgan fingerprint density at radius 3 is 2.35 bits per heavy atom. The molecule has 0 aromatic heterocycles. The number of nitrogens with zero attached hydrogens (tertiary/aromatic N) is 1. The first-order chi connectivity index (χ1) is 14.3. The summed E-state index contributed by atoms with van der Waals surface area (Å²) in [6, 6.07) is 7.87. The van der Waals surface area contributed by atoms with Crippen molar-refractivity contribution < 1.29 is 43.7 Å². The molecule has 0 spiro atoms. The Kier molecular flexibility index (Phi) is 7.33. The van der Waals surface area contributed by atoms with Crippen LogP contribution in [0.25, 0.3) is 0 Å². The number of hydrogen-bond acceptors (Lipinski definition) is 6. The second kappa shape index (κ2) is 9.23. The molecule has 31 heavy (non-hydrogen) atoms. The lowest BCUT2D eigenvalue weighted by Gasteiger charge is -2.47. The van der Waals surface area contributed by atoms with E-state index < -0.39 is 30.2 Å². The maximum atomic E-state index is 12.8. The Morgan fingerprint density at radius 2 is 1.84 bits per heavy atom. The Labute approximate surface area is 181 Å². The molecular weight excluding hydrogens is 406 g/mol. The molecule has 1 heterocycles. The van der Waals surface area contributed by atoms with Gasteiger partial charge in [-0.3, -0.25) is 0 Å². The van der Waals surface area contributed by atoms with E-state index in [-0.39, 0.29) is 21.9 Å². The van der Waals surface area contributed by atoms with E-state index in [0.717, 1.165) is 11.3 Å². The molecule has 1 aromatic rings. The lowest BCUT2D eigenvalue weighted by molar-refractivity contribution is -0.849. The van der Waals surface area contributed by atoms with Crippen LogP contribution in [0, 0.1) is 5.92 Å². The molecule has 1 aliphatic heterocycles. The van der Waals surface area contributed by atoms with Gasteiger partial charge in [0.1, 0.15) is 5.75 Å². The highest BCUT2D eigenvalue weighted by molar-refractivity contribution is 5.84. The Morgan fingerprint density at radius 1 is 1.19 bits per heavy atom. The molecule has 172 valence electrons. The number of carbonyl (C=O) groups excluding carboxylic acids is 1. The van der Waals surface area contributed by atoms with Gasteiger partial charge >= 0.3 is 18.0 Å². The molecule has 1 amide bonds. The third kappa shape index (κ3) is 5.34. The molecule has 1 aromatic carbocycles. The van der Waals surface area contributed by atoms with Crippen molar-refractivity contribution in [2.75, 3.05) is 20.1 Å². The molecule has 3 unspecified atom stereocenters. The number of amides is 1. The molecule has 0 saturated carbocycles. The number of piperidine rings is 1. The molecule has 9 nitrogen and oxygen atoms in total. The maximum absolute atomic E-state index is 12.8.